The van der Waals surface area contributed by atoms with Gasteiger partial charge in [-0.1, -0.05) is 37.3 Å². The Labute approximate surface area is 94.9 Å². The molecule has 0 radical (unpaired) electrons. The second-order valence-electron chi connectivity index (χ2n) is 2.45. The molecular formula is C9H11IN2S. The van der Waals surface area contributed by atoms with Crippen LogP contribution in [0.4, 0.5) is 0 Å². The first-order valence-electron chi connectivity index (χ1n) is 4.03. The van der Waals surface area contributed by atoms with Crippen LogP contribution in [-0.4, -0.2) is 5.71 Å². The van der Waals surface area contributed by atoms with Gasteiger partial charge in [-0.25, -0.2) is 4.83 Å². The van der Waals surface area contributed by atoms with Crippen molar-refractivity contribution in [2.75, 3.05) is 0 Å². The molecule has 1 aromatic rings. The van der Waals surface area contributed by atoms with Gasteiger partial charge in [0, 0.05) is 30.3 Å². The van der Waals surface area contributed by atoms with Crippen molar-refractivity contribution in [3.63, 3.8) is 0 Å². The molecule has 0 heterocycles. The van der Waals surface area contributed by atoms with Crippen molar-refractivity contribution in [1.29, 1.82) is 0 Å². The number of hydrogen-bond donors (Lipinski definition) is 1. The molecule has 2 nitrogen and oxygen atoms in total. The van der Waals surface area contributed by atoms with Gasteiger partial charge in [0.05, 0.1) is 5.71 Å². The van der Waals surface area contributed by atoms with Gasteiger partial charge in [-0.05, 0) is 12.0 Å². The van der Waals surface area contributed by atoms with Crippen molar-refractivity contribution in [3.8, 4) is 0 Å². The largest absolute Gasteiger partial charge is 0.242 e. The normalized spacial score (nSPS) is 11.4. The number of benzene rings is 1. The summed E-state index contributed by atoms with van der Waals surface area (Å²) in [6, 6.07) is 10.2. The molecule has 0 spiro atoms. The fraction of sp³-hybridized carbons (Fsp3) is 0.222. The summed E-state index contributed by atoms with van der Waals surface area (Å²) in [5.41, 5.74) is 2.27. The van der Waals surface area contributed by atoms with Crippen molar-refractivity contribution in [2.45, 2.75) is 13.3 Å². The lowest BCUT2D eigenvalue weighted by Gasteiger charge is -2.02. The summed E-state index contributed by atoms with van der Waals surface area (Å²) in [7, 11) is 1.47. The standard InChI is InChI=1S/C9H11IN2S/c1-2-9(11-12-13-10)8-6-4-3-5-7-8/h3-7,12H,2H2,1H3/b11-9+. The molecule has 0 amide bonds. The van der Waals surface area contributed by atoms with E-state index < -0.39 is 0 Å². The highest BCUT2D eigenvalue weighted by Crippen LogP contribution is 2.07. The predicted molar refractivity (Wildman–Crippen MR) is 68.0 cm³/mol. The highest BCUT2D eigenvalue weighted by molar-refractivity contribution is 14.2. The third-order valence-corrected chi connectivity index (χ3v) is 2.41. The van der Waals surface area contributed by atoms with E-state index in [1.165, 1.54) is 14.7 Å². The zero-order chi connectivity index (χ0) is 9.52. The van der Waals surface area contributed by atoms with E-state index >= 15 is 0 Å². The molecule has 1 N–H and O–H groups in total. The van der Waals surface area contributed by atoms with E-state index in [0.717, 1.165) is 12.1 Å². The van der Waals surface area contributed by atoms with Gasteiger partial charge < -0.3 is 0 Å². The van der Waals surface area contributed by atoms with Gasteiger partial charge in [0.1, 0.15) is 0 Å². The summed E-state index contributed by atoms with van der Waals surface area (Å²) in [5.74, 6) is 0. The lowest BCUT2D eigenvalue weighted by Crippen LogP contribution is -2.03. The summed E-state index contributed by atoms with van der Waals surface area (Å²) < 4.78 is 0. The van der Waals surface area contributed by atoms with E-state index in [2.05, 4.69) is 50.2 Å². The third-order valence-electron chi connectivity index (χ3n) is 1.66. The molecule has 0 saturated carbocycles. The third kappa shape index (κ3) is 3.56. The molecule has 0 bridgehead atoms. The predicted octanol–water partition coefficient (Wildman–Crippen LogP) is 3.39. The van der Waals surface area contributed by atoms with Crippen LogP contribution in [0.2, 0.25) is 0 Å². The number of halogens is 1. The molecule has 0 aliphatic rings. The van der Waals surface area contributed by atoms with E-state index in [1.807, 2.05) is 18.2 Å². The average Bonchev–Trinajstić information content (AvgIpc) is 2.21. The van der Waals surface area contributed by atoms with Gasteiger partial charge >= 0.3 is 0 Å². The monoisotopic (exact) mass is 306 g/mol. The molecular weight excluding hydrogens is 295 g/mol. The molecule has 0 aliphatic carbocycles. The molecule has 13 heavy (non-hydrogen) atoms. The Hall–Kier alpha value is -0.230. The maximum Gasteiger partial charge on any atom is 0.0682 e. The Balaban J connectivity index is 2.78. The molecule has 0 atom stereocenters. The number of hydrazone groups is 1. The van der Waals surface area contributed by atoms with E-state index in [0.29, 0.717) is 0 Å². The molecule has 1 aromatic carbocycles. The Morgan fingerprint density at radius 2 is 2.15 bits per heavy atom. The summed E-state index contributed by atoms with van der Waals surface area (Å²) in [6.45, 7) is 2.10. The minimum absolute atomic E-state index is 0.939. The number of hydrogen-bond acceptors (Lipinski definition) is 3. The number of nitrogens with zero attached hydrogens (tertiary/aromatic N) is 1. The van der Waals surface area contributed by atoms with Crippen LogP contribution in [0.1, 0.15) is 18.9 Å². The van der Waals surface area contributed by atoms with Gasteiger partial charge in [0.15, 0.2) is 0 Å². The topological polar surface area (TPSA) is 24.4 Å². The Kier molecular flexibility index (Phi) is 5.22. The summed E-state index contributed by atoms with van der Waals surface area (Å²) >= 11 is 2.15. The molecule has 1 rings (SSSR count). The summed E-state index contributed by atoms with van der Waals surface area (Å²) in [6.07, 6.45) is 0.939. The molecule has 4 heteroatoms. The van der Waals surface area contributed by atoms with Gasteiger partial charge in [-0.3, -0.25) is 0 Å². The van der Waals surface area contributed by atoms with Crippen molar-refractivity contribution in [2.24, 2.45) is 5.10 Å². The maximum atomic E-state index is 4.25. The maximum absolute atomic E-state index is 4.25. The summed E-state index contributed by atoms with van der Waals surface area (Å²) in [4.78, 5) is 2.89. The van der Waals surface area contributed by atoms with Gasteiger partial charge in [-0.15, -0.1) is 0 Å². The van der Waals surface area contributed by atoms with Crippen LogP contribution >= 0.6 is 30.3 Å². The second-order valence-corrected chi connectivity index (χ2v) is 4.10. The van der Waals surface area contributed by atoms with Crippen LogP contribution in [0.5, 0.6) is 0 Å². The fourth-order valence-corrected chi connectivity index (χ4v) is 1.49. The minimum Gasteiger partial charge on any atom is -0.242 e. The zero-order valence-corrected chi connectivity index (χ0v) is 10.3. The average molecular weight is 306 g/mol. The van der Waals surface area contributed by atoms with Gasteiger partial charge in [0.2, 0.25) is 0 Å². The molecule has 0 fully saturated rings. The van der Waals surface area contributed by atoms with Crippen LogP contribution in [0.25, 0.3) is 0 Å². The first-order chi connectivity index (χ1) is 6.38. The molecule has 0 aliphatic heterocycles. The SMILES string of the molecule is CC/C(=N\NSI)c1ccccc1. The quantitative estimate of drug-likeness (QED) is 0.399. The van der Waals surface area contributed by atoms with Gasteiger partial charge in [0.25, 0.3) is 0 Å². The lowest BCUT2D eigenvalue weighted by molar-refractivity contribution is 1.09. The van der Waals surface area contributed by atoms with Crippen molar-refractivity contribution in [3.05, 3.63) is 35.9 Å². The van der Waals surface area contributed by atoms with Crippen LogP contribution in [0.3, 0.4) is 0 Å². The van der Waals surface area contributed by atoms with E-state index in [9.17, 15) is 0 Å². The highest BCUT2D eigenvalue weighted by atomic mass is 127. The summed E-state index contributed by atoms with van der Waals surface area (Å²) in [5, 5.41) is 4.25. The molecule has 70 valence electrons. The van der Waals surface area contributed by atoms with Crippen LogP contribution in [-0.2, 0) is 0 Å². The second kappa shape index (κ2) is 6.26. The number of rotatable bonds is 4. The van der Waals surface area contributed by atoms with E-state index in [1.54, 1.807) is 0 Å². The fourth-order valence-electron chi connectivity index (χ4n) is 1.05. The first kappa shape index (κ1) is 10.8. The zero-order valence-electron chi connectivity index (χ0n) is 7.33. The Morgan fingerprint density at radius 1 is 1.46 bits per heavy atom. The van der Waals surface area contributed by atoms with Crippen molar-refractivity contribution < 1.29 is 0 Å². The number of nitrogens with one attached hydrogen (secondary N) is 1. The van der Waals surface area contributed by atoms with Crippen LogP contribution in [0.15, 0.2) is 35.4 Å². The van der Waals surface area contributed by atoms with Crippen molar-refractivity contribution in [1.82, 2.24) is 4.83 Å². The van der Waals surface area contributed by atoms with Crippen molar-refractivity contribution >= 4 is 36.0 Å². The first-order valence-corrected chi connectivity index (χ1v) is 7.39. The van der Waals surface area contributed by atoms with E-state index in [4.69, 9.17) is 0 Å². The van der Waals surface area contributed by atoms with Gasteiger partial charge in [-0.2, -0.15) is 5.10 Å². The highest BCUT2D eigenvalue weighted by Gasteiger charge is 1.98. The minimum atomic E-state index is 0.939. The van der Waals surface area contributed by atoms with E-state index in [-0.39, 0.29) is 0 Å². The Bertz CT molecular complexity index is 274. The van der Waals surface area contributed by atoms with Crippen LogP contribution < -0.4 is 4.83 Å². The lowest BCUT2D eigenvalue weighted by atomic mass is 10.1. The molecule has 0 unspecified atom stereocenters. The molecule has 0 saturated heterocycles. The smallest absolute Gasteiger partial charge is 0.0682 e. The molecule has 0 aromatic heterocycles. The Morgan fingerprint density at radius 3 is 2.69 bits per heavy atom. The van der Waals surface area contributed by atoms with Crippen LogP contribution in [0, 0.1) is 0 Å².